The van der Waals surface area contributed by atoms with Crippen LogP contribution in [-0.4, -0.2) is 12.1 Å². The zero-order valence-electron chi connectivity index (χ0n) is 8.27. The fourth-order valence-corrected chi connectivity index (χ4v) is 1.18. The van der Waals surface area contributed by atoms with Crippen molar-refractivity contribution in [2.75, 3.05) is 7.05 Å². The fraction of sp³-hybridized carbons (Fsp3) is 0.0909. The van der Waals surface area contributed by atoms with Crippen LogP contribution in [0.25, 0.3) is 5.57 Å². The van der Waals surface area contributed by atoms with Gasteiger partial charge in [0.1, 0.15) is 5.82 Å². The van der Waals surface area contributed by atoms with Crippen molar-refractivity contribution in [3.63, 3.8) is 0 Å². The maximum absolute atomic E-state index is 5.81. The summed E-state index contributed by atoms with van der Waals surface area (Å²) < 4.78 is 0. The van der Waals surface area contributed by atoms with Gasteiger partial charge in [0, 0.05) is 12.6 Å². The van der Waals surface area contributed by atoms with E-state index < -0.39 is 0 Å². The summed E-state index contributed by atoms with van der Waals surface area (Å²) in [5.74, 6) is 6.06. The van der Waals surface area contributed by atoms with Gasteiger partial charge in [-0.25, -0.2) is 5.84 Å². The Balaban J connectivity index is 3.17. The summed E-state index contributed by atoms with van der Waals surface area (Å²) >= 11 is 0. The highest BCUT2D eigenvalue weighted by Gasteiger charge is 2.04. The molecule has 0 amide bonds. The minimum absolute atomic E-state index is 0.506. The van der Waals surface area contributed by atoms with Crippen molar-refractivity contribution >= 4 is 5.57 Å². The molecule has 0 aromatic heterocycles. The topological polar surface area (TPSA) is 55.3 Å². The standard InChI is InChI=1S/C11H15N3/c1-3-10(11(12)14(2)13)9-7-5-4-6-8-9/h3-8H,1,12-13H2,2H3/b11-10+. The lowest BCUT2D eigenvalue weighted by molar-refractivity contribution is 0.438. The van der Waals surface area contributed by atoms with Crippen LogP contribution in [0.4, 0.5) is 0 Å². The van der Waals surface area contributed by atoms with Gasteiger partial charge in [0.25, 0.3) is 0 Å². The van der Waals surface area contributed by atoms with Crippen LogP contribution in [0.15, 0.2) is 48.8 Å². The molecule has 74 valence electrons. The first-order valence-corrected chi connectivity index (χ1v) is 4.33. The lowest BCUT2D eigenvalue weighted by atomic mass is 10.1. The Morgan fingerprint density at radius 2 is 1.93 bits per heavy atom. The third-order valence-electron chi connectivity index (χ3n) is 1.94. The summed E-state index contributed by atoms with van der Waals surface area (Å²) in [7, 11) is 1.70. The maximum Gasteiger partial charge on any atom is 0.121 e. The molecule has 0 radical (unpaired) electrons. The lowest BCUT2D eigenvalue weighted by Gasteiger charge is -2.15. The second-order valence-electron chi connectivity index (χ2n) is 2.98. The van der Waals surface area contributed by atoms with Crippen LogP contribution in [0.3, 0.4) is 0 Å². The molecular formula is C11H15N3. The van der Waals surface area contributed by atoms with Gasteiger partial charge in [-0.2, -0.15) is 0 Å². The van der Waals surface area contributed by atoms with Gasteiger partial charge < -0.3 is 5.73 Å². The van der Waals surface area contributed by atoms with Crippen molar-refractivity contribution in [2.24, 2.45) is 11.6 Å². The Morgan fingerprint density at radius 1 is 1.36 bits per heavy atom. The summed E-state index contributed by atoms with van der Waals surface area (Å²) in [6.07, 6.45) is 1.70. The third kappa shape index (κ3) is 2.14. The smallest absolute Gasteiger partial charge is 0.121 e. The van der Waals surface area contributed by atoms with Gasteiger partial charge in [-0.3, -0.25) is 5.01 Å². The lowest BCUT2D eigenvalue weighted by Crippen LogP contribution is -2.30. The molecule has 1 rings (SSSR count). The fourth-order valence-electron chi connectivity index (χ4n) is 1.18. The normalized spacial score (nSPS) is 11.9. The van der Waals surface area contributed by atoms with E-state index in [9.17, 15) is 0 Å². The van der Waals surface area contributed by atoms with E-state index >= 15 is 0 Å². The summed E-state index contributed by atoms with van der Waals surface area (Å²) in [6, 6.07) is 9.78. The molecule has 3 nitrogen and oxygen atoms in total. The number of hydrazine groups is 1. The van der Waals surface area contributed by atoms with Crippen molar-refractivity contribution in [1.29, 1.82) is 0 Å². The average molecular weight is 189 g/mol. The second kappa shape index (κ2) is 4.48. The number of nitrogens with two attached hydrogens (primary N) is 2. The van der Waals surface area contributed by atoms with Crippen molar-refractivity contribution in [3.8, 4) is 0 Å². The number of benzene rings is 1. The quantitative estimate of drug-likeness (QED) is 0.428. The van der Waals surface area contributed by atoms with Crippen LogP contribution < -0.4 is 11.6 Å². The molecule has 0 aliphatic carbocycles. The monoisotopic (exact) mass is 189 g/mol. The molecule has 4 N–H and O–H groups in total. The molecule has 3 heteroatoms. The van der Waals surface area contributed by atoms with E-state index in [2.05, 4.69) is 6.58 Å². The third-order valence-corrected chi connectivity index (χ3v) is 1.94. The molecule has 0 atom stereocenters. The molecule has 0 spiro atoms. The van der Waals surface area contributed by atoms with Crippen molar-refractivity contribution in [3.05, 3.63) is 54.4 Å². The Hall–Kier alpha value is -1.74. The molecule has 0 aliphatic heterocycles. The van der Waals surface area contributed by atoms with Gasteiger partial charge in [0.15, 0.2) is 0 Å². The van der Waals surface area contributed by atoms with E-state index in [1.807, 2.05) is 30.3 Å². The molecule has 1 aromatic rings. The number of rotatable bonds is 3. The minimum atomic E-state index is 0.506. The summed E-state index contributed by atoms with van der Waals surface area (Å²) in [5.41, 5.74) is 7.67. The molecule has 0 bridgehead atoms. The predicted molar refractivity (Wildman–Crippen MR) is 59.7 cm³/mol. The van der Waals surface area contributed by atoms with Gasteiger partial charge in [-0.15, -0.1) is 0 Å². The maximum atomic E-state index is 5.81. The van der Waals surface area contributed by atoms with Crippen molar-refractivity contribution in [1.82, 2.24) is 5.01 Å². The molecule has 0 aliphatic rings. The Kier molecular flexibility index (Phi) is 3.31. The Bertz CT molecular complexity index is 339. The van der Waals surface area contributed by atoms with Gasteiger partial charge >= 0.3 is 0 Å². The SMILES string of the molecule is C=C/C(=C(/N)N(C)N)c1ccccc1. The molecule has 1 aromatic carbocycles. The predicted octanol–water partition coefficient (Wildman–Crippen LogP) is 1.31. The van der Waals surface area contributed by atoms with E-state index in [0.29, 0.717) is 5.82 Å². The number of allylic oxidation sites excluding steroid dienone is 2. The first-order chi connectivity index (χ1) is 6.66. The molecule has 0 heterocycles. The second-order valence-corrected chi connectivity index (χ2v) is 2.98. The van der Waals surface area contributed by atoms with Crippen LogP contribution in [-0.2, 0) is 0 Å². The van der Waals surface area contributed by atoms with Crippen LogP contribution >= 0.6 is 0 Å². The van der Waals surface area contributed by atoms with E-state index in [1.54, 1.807) is 13.1 Å². The van der Waals surface area contributed by atoms with Crippen LogP contribution in [0.2, 0.25) is 0 Å². The molecule has 0 saturated carbocycles. The summed E-state index contributed by atoms with van der Waals surface area (Å²) in [5, 5.41) is 1.38. The van der Waals surface area contributed by atoms with E-state index in [1.165, 1.54) is 5.01 Å². The summed E-state index contributed by atoms with van der Waals surface area (Å²) in [4.78, 5) is 0. The summed E-state index contributed by atoms with van der Waals surface area (Å²) in [6.45, 7) is 3.72. The van der Waals surface area contributed by atoms with Gasteiger partial charge in [-0.1, -0.05) is 43.0 Å². The first-order valence-electron chi connectivity index (χ1n) is 4.33. The van der Waals surface area contributed by atoms with Crippen LogP contribution in [0.5, 0.6) is 0 Å². The Labute approximate surface area is 84.3 Å². The largest absolute Gasteiger partial charge is 0.384 e. The highest BCUT2D eigenvalue weighted by atomic mass is 15.4. The molecule has 0 fully saturated rings. The molecule has 14 heavy (non-hydrogen) atoms. The molecule has 0 unspecified atom stereocenters. The number of nitrogens with zero attached hydrogens (tertiary/aromatic N) is 1. The highest BCUT2D eigenvalue weighted by Crippen LogP contribution is 2.17. The zero-order valence-corrected chi connectivity index (χ0v) is 8.27. The first kappa shape index (κ1) is 10.3. The molecule has 0 saturated heterocycles. The minimum Gasteiger partial charge on any atom is -0.384 e. The molecular weight excluding hydrogens is 174 g/mol. The number of hydrogen-bond donors (Lipinski definition) is 2. The Morgan fingerprint density at radius 3 is 2.36 bits per heavy atom. The van der Waals surface area contributed by atoms with E-state index in [-0.39, 0.29) is 0 Å². The zero-order chi connectivity index (χ0) is 10.6. The van der Waals surface area contributed by atoms with Gasteiger partial charge in [0.05, 0.1) is 0 Å². The highest BCUT2D eigenvalue weighted by molar-refractivity contribution is 5.75. The van der Waals surface area contributed by atoms with Gasteiger partial charge in [0.2, 0.25) is 0 Å². The van der Waals surface area contributed by atoms with Crippen molar-refractivity contribution in [2.45, 2.75) is 0 Å². The average Bonchev–Trinajstić information content (AvgIpc) is 2.20. The van der Waals surface area contributed by atoms with Crippen LogP contribution in [0, 0.1) is 0 Å². The van der Waals surface area contributed by atoms with E-state index in [0.717, 1.165) is 11.1 Å². The number of hydrogen-bond acceptors (Lipinski definition) is 3. The van der Waals surface area contributed by atoms with Gasteiger partial charge in [-0.05, 0) is 5.56 Å². The van der Waals surface area contributed by atoms with E-state index in [4.69, 9.17) is 11.6 Å². The van der Waals surface area contributed by atoms with Crippen molar-refractivity contribution < 1.29 is 0 Å². The van der Waals surface area contributed by atoms with Crippen LogP contribution in [0.1, 0.15) is 5.56 Å².